The quantitative estimate of drug-likeness (QED) is 0.468. The highest BCUT2D eigenvalue weighted by Gasteiger charge is 2.29. The third-order valence-corrected chi connectivity index (χ3v) is 5.73. The van der Waals surface area contributed by atoms with Crippen LogP contribution in [-0.4, -0.2) is 55.2 Å². The first kappa shape index (κ1) is 20.1. The van der Waals surface area contributed by atoms with E-state index in [9.17, 15) is 4.79 Å². The lowest BCUT2D eigenvalue weighted by Gasteiger charge is -2.32. The minimum absolute atomic E-state index is 0.0307. The number of rotatable bonds is 6. The standard InChI is InChI=1S/C24H24N6O2/c31-24(18-8-10-25-11-9-18)29-14-4-5-19(17-29)21-22-23(27-13-12-26-22)30(28-21)15-16-32-20-6-2-1-3-7-20/h1-3,6-13,19H,4-5,14-17H2/t19-/m0/s1. The molecule has 0 spiro atoms. The van der Waals surface area contributed by atoms with Gasteiger partial charge in [-0.3, -0.25) is 9.78 Å². The zero-order valence-corrected chi connectivity index (χ0v) is 17.7. The fraction of sp³-hybridized carbons (Fsp3) is 0.292. The average molecular weight is 428 g/mol. The Bertz CT molecular complexity index is 1200. The van der Waals surface area contributed by atoms with Crippen molar-refractivity contribution in [3.8, 4) is 5.75 Å². The summed E-state index contributed by atoms with van der Waals surface area (Å²) in [6.45, 7) is 2.40. The molecule has 162 valence electrons. The van der Waals surface area contributed by atoms with Gasteiger partial charge in [0.1, 0.15) is 17.9 Å². The van der Waals surface area contributed by atoms with E-state index in [1.807, 2.05) is 39.9 Å². The highest BCUT2D eigenvalue weighted by molar-refractivity contribution is 5.94. The molecule has 0 radical (unpaired) electrons. The van der Waals surface area contributed by atoms with E-state index in [0.29, 0.717) is 25.3 Å². The molecule has 8 heteroatoms. The number of carbonyl (C=O) groups excluding carboxylic acids is 1. The van der Waals surface area contributed by atoms with Crippen LogP contribution < -0.4 is 4.74 Å². The van der Waals surface area contributed by atoms with Crippen LogP contribution in [0.1, 0.15) is 34.8 Å². The van der Waals surface area contributed by atoms with Gasteiger partial charge in [0.2, 0.25) is 0 Å². The number of nitrogens with zero attached hydrogens (tertiary/aromatic N) is 6. The molecule has 0 saturated carbocycles. The molecule has 1 aliphatic heterocycles. The predicted molar refractivity (Wildman–Crippen MR) is 119 cm³/mol. The minimum Gasteiger partial charge on any atom is -0.492 e. The van der Waals surface area contributed by atoms with E-state index in [2.05, 4.69) is 15.0 Å². The molecule has 4 heterocycles. The number of hydrogen-bond acceptors (Lipinski definition) is 6. The van der Waals surface area contributed by atoms with Gasteiger partial charge < -0.3 is 9.64 Å². The van der Waals surface area contributed by atoms with E-state index >= 15 is 0 Å². The van der Waals surface area contributed by atoms with Crippen molar-refractivity contribution < 1.29 is 9.53 Å². The van der Waals surface area contributed by atoms with Crippen molar-refractivity contribution >= 4 is 17.1 Å². The lowest BCUT2D eigenvalue weighted by atomic mass is 9.94. The lowest BCUT2D eigenvalue weighted by Crippen LogP contribution is -2.39. The zero-order chi connectivity index (χ0) is 21.8. The Morgan fingerprint density at radius 2 is 1.84 bits per heavy atom. The number of likely N-dealkylation sites (tertiary alicyclic amines) is 1. The van der Waals surface area contributed by atoms with Crippen LogP contribution in [0.15, 0.2) is 67.3 Å². The molecule has 0 N–H and O–H groups in total. The Balaban J connectivity index is 1.35. The second kappa shape index (κ2) is 9.13. The van der Waals surface area contributed by atoms with Gasteiger partial charge in [-0.1, -0.05) is 18.2 Å². The van der Waals surface area contributed by atoms with Crippen LogP contribution in [0.25, 0.3) is 11.2 Å². The molecule has 4 aromatic rings. The van der Waals surface area contributed by atoms with Crippen LogP contribution >= 0.6 is 0 Å². The molecule has 1 aromatic carbocycles. The molecule has 8 nitrogen and oxygen atoms in total. The van der Waals surface area contributed by atoms with Crippen LogP contribution in [0, 0.1) is 0 Å². The van der Waals surface area contributed by atoms with Crippen LogP contribution in [0.5, 0.6) is 5.75 Å². The van der Waals surface area contributed by atoms with E-state index in [1.54, 1.807) is 36.9 Å². The normalized spacial score (nSPS) is 16.2. The van der Waals surface area contributed by atoms with Gasteiger partial charge >= 0.3 is 0 Å². The largest absolute Gasteiger partial charge is 0.492 e. The number of fused-ring (bicyclic) bond motifs is 1. The first-order valence-electron chi connectivity index (χ1n) is 10.8. The van der Waals surface area contributed by atoms with Crippen molar-refractivity contribution in [2.24, 2.45) is 0 Å². The second-order valence-corrected chi connectivity index (χ2v) is 7.82. The SMILES string of the molecule is O=C(c1ccncc1)N1CCC[C@H](c2nn(CCOc3ccccc3)c3nccnc23)C1. The minimum atomic E-state index is 0.0307. The summed E-state index contributed by atoms with van der Waals surface area (Å²) in [7, 11) is 0. The maximum absolute atomic E-state index is 12.9. The number of piperidine rings is 1. The van der Waals surface area contributed by atoms with Gasteiger partial charge in [-0.2, -0.15) is 5.10 Å². The summed E-state index contributed by atoms with van der Waals surface area (Å²) >= 11 is 0. The number of ether oxygens (including phenoxy) is 1. The Kier molecular flexibility index (Phi) is 5.74. The Morgan fingerprint density at radius 3 is 2.69 bits per heavy atom. The predicted octanol–water partition coefficient (Wildman–Crippen LogP) is 3.32. The second-order valence-electron chi connectivity index (χ2n) is 7.82. The third kappa shape index (κ3) is 4.16. The molecule has 1 aliphatic rings. The number of amides is 1. The molecule has 0 unspecified atom stereocenters. The molecule has 1 amide bonds. The van der Waals surface area contributed by atoms with Crippen molar-refractivity contribution in [1.29, 1.82) is 0 Å². The van der Waals surface area contributed by atoms with Gasteiger partial charge in [-0.05, 0) is 37.1 Å². The maximum Gasteiger partial charge on any atom is 0.253 e. The number of para-hydroxylation sites is 1. The van der Waals surface area contributed by atoms with E-state index in [0.717, 1.165) is 42.0 Å². The van der Waals surface area contributed by atoms with E-state index in [1.165, 1.54) is 0 Å². The molecular weight excluding hydrogens is 404 g/mol. The van der Waals surface area contributed by atoms with Gasteiger partial charge in [0.25, 0.3) is 5.91 Å². The number of pyridine rings is 1. The number of hydrogen-bond donors (Lipinski definition) is 0. The third-order valence-electron chi connectivity index (χ3n) is 5.73. The summed E-state index contributed by atoms with van der Waals surface area (Å²) in [5.74, 6) is 0.973. The van der Waals surface area contributed by atoms with Crippen LogP contribution in [0.2, 0.25) is 0 Å². The van der Waals surface area contributed by atoms with Crippen LogP contribution in [-0.2, 0) is 6.54 Å². The van der Waals surface area contributed by atoms with E-state index in [4.69, 9.17) is 9.84 Å². The Hall–Kier alpha value is -3.81. The zero-order valence-electron chi connectivity index (χ0n) is 17.7. The molecule has 1 fully saturated rings. The van der Waals surface area contributed by atoms with Crippen molar-refractivity contribution in [3.05, 3.63) is 78.5 Å². The van der Waals surface area contributed by atoms with Crippen LogP contribution in [0.3, 0.4) is 0 Å². The fourth-order valence-electron chi connectivity index (χ4n) is 4.18. The first-order valence-corrected chi connectivity index (χ1v) is 10.8. The molecule has 1 atom stereocenters. The summed E-state index contributed by atoms with van der Waals surface area (Å²) in [5, 5.41) is 4.87. The highest BCUT2D eigenvalue weighted by Crippen LogP contribution is 2.30. The van der Waals surface area contributed by atoms with Crippen LogP contribution in [0.4, 0.5) is 0 Å². The molecule has 3 aromatic heterocycles. The molecular formula is C24H24N6O2. The van der Waals surface area contributed by atoms with E-state index < -0.39 is 0 Å². The first-order chi connectivity index (χ1) is 15.8. The number of benzene rings is 1. The molecule has 1 saturated heterocycles. The summed E-state index contributed by atoms with van der Waals surface area (Å²) in [6, 6.07) is 13.2. The van der Waals surface area contributed by atoms with Gasteiger partial charge in [0.15, 0.2) is 5.65 Å². The summed E-state index contributed by atoms with van der Waals surface area (Å²) in [4.78, 5) is 28.0. The smallest absolute Gasteiger partial charge is 0.253 e. The van der Waals surface area contributed by atoms with Gasteiger partial charge in [-0.15, -0.1) is 0 Å². The molecule has 0 bridgehead atoms. The fourth-order valence-corrected chi connectivity index (χ4v) is 4.18. The summed E-state index contributed by atoms with van der Waals surface area (Å²) in [5.41, 5.74) is 3.11. The highest BCUT2D eigenvalue weighted by atomic mass is 16.5. The van der Waals surface area contributed by atoms with Gasteiger partial charge in [-0.25, -0.2) is 14.6 Å². The van der Waals surface area contributed by atoms with Crippen molar-refractivity contribution in [3.63, 3.8) is 0 Å². The Labute approximate surface area is 185 Å². The topological polar surface area (TPSA) is 86.0 Å². The molecule has 32 heavy (non-hydrogen) atoms. The monoisotopic (exact) mass is 428 g/mol. The van der Waals surface area contributed by atoms with Gasteiger partial charge in [0.05, 0.1) is 12.2 Å². The van der Waals surface area contributed by atoms with Crippen molar-refractivity contribution in [1.82, 2.24) is 29.6 Å². The summed E-state index contributed by atoms with van der Waals surface area (Å²) in [6.07, 6.45) is 8.56. The number of carbonyl (C=O) groups is 1. The average Bonchev–Trinajstić information content (AvgIpc) is 3.24. The molecule has 5 rings (SSSR count). The van der Waals surface area contributed by atoms with Crippen molar-refractivity contribution in [2.75, 3.05) is 19.7 Å². The van der Waals surface area contributed by atoms with Crippen molar-refractivity contribution in [2.45, 2.75) is 25.3 Å². The molecule has 0 aliphatic carbocycles. The maximum atomic E-state index is 12.9. The Morgan fingerprint density at radius 1 is 1.03 bits per heavy atom. The van der Waals surface area contributed by atoms with E-state index in [-0.39, 0.29) is 11.8 Å². The lowest BCUT2D eigenvalue weighted by molar-refractivity contribution is 0.0706. The number of aromatic nitrogens is 5. The summed E-state index contributed by atoms with van der Waals surface area (Å²) < 4.78 is 7.71. The van der Waals surface area contributed by atoms with Gasteiger partial charge in [0, 0.05) is 49.4 Å².